The molecule has 1 amide bonds. The van der Waals surface area contributed by atoms with Crippen molar-refractivity contribution in [2.24, 2.45) is 11.1 Å². The summed E-state index contributed by atoms with van der Waals surface area (Å²) in [6.07, 6.45) is 0.563. The summed E-state index contributed by atoms with van der Waals surface area (Å²) < 4.78 is 13.6. The molecule has 0 aliphatic rings. The van der Waals surface area contributed by atoms with E-state index in [4.69, 9.17) is 11.0 Å². The van der Waals surface area contributed by atoms with Gasteiger partial charge in [0.2, 0.25) is 5.91 Å². The first kappa shape index (κ1) is 14.1. The van der Waals surface area contributed by atoms with E-state index >= 15 is 0 Å². The van der Waals surface area contributed by atoms with E-state index in [2.05, 4.69) is 5.32 Å². The van der Waals surface area contributed by atoms with Crippen molar-refractivity contribution in [1.29, 1.82) is 5.26 Å². The lowest BCUT2D eigenvalue weighted by Gasteiger charge is -2.25. The maximum Gasteiger partial charge on any atom is 0.231 e. The normalized spacial score (nSPS) is 13.5. The van der Waals surface area contributed by atoms with E-state index in [0.29, 0.717) is 6.42 Å². The van der Waals surface area contributed by atoms with Gasteiger partial charge in [-0.1, -0.05) is 6.92 Å². The number of carbonyl (C=O) groups is 1. The zero-order valence-corrected chi connectivity index (χ0v) is 10.5. The Morgan fingerprint density at radius 1 is 1.61 bits per heavy atom. The number of carbonyl (C=O) groups excluding carboxylic acids is 1. The Labute approximate surface area is 106 Å². The summed E-state index contributed by atoms with van der Waals surface area (Å²) in [5.41, 5.74) is 5.11. The molecule has 0 saturated heterocycles. The molecule has 1 rings (SSSR count). The number of halogens is 1. The molecule has 0 radical (unpaired) electrons. The van der Waals surface area contributed by atoms with Crippen molar-refractivity contribution < 1.29 is 9.18 Å². The average Bonchev–Trinajstić information content (AvgIpc) is 2.39. The molecule has 1 aromatic carbocycles. The van der Waals surface area contributed by atoms with Crippen molar-refractivity contribution in [1.82, 2.24) is 0 Å². The molecule has 0 bridgehead atoms. The Morgan fingerprint density at radius 3 is 2.72 bits per heavy atom. The maximum absolute atomic E-state index is 13.6. The van der Waals surface area contributed by atoms with Gasteiger partial charge in [0.05, 0.1) is 22.7 Å². The van der Waals surface area contributed by atoms with Gasteiger partial charge in [0.25, 0.3) is 0 Å². The molecule has 1 atom stereocenters. The summed E-state index contributed by atoms with van der Waals surface area (Å²) >= 11 is 0. The topological polar surface area (TPSA) is 78.9 Å². The molecule has 96 valence electrons. The molecule has 0 aliphatic heterocycles. The van der Waals surface area contributed by atoms with Crippen molar-refractivity contribution in [2.45, 2.75) is 20.3 Å². The molecule has 1 unspecified atom stereocenters. The largest absolute Gasteiger partial charge is 0.329 e. The maximum atomic E-state index is 13.6. The fourth-order valence-corrected chi connectivity index (χ4v) is 1.36. The van der Waals surface area contributed by atoms with Crippen LogP contribution in [0.15, 0.2) is 18.2 Å². The first-order valence-corrected chi connectivity index (χ1v) is 5.68. The predicted molar refractivity (Wildman–Crippen MR) is 67.2 cm³/mol. The third-order valence-electron chi connectivity index (χ3n) is 3.13. The van der Waals surface area contributed by atoms with Crippen molar-refractivity contribution in [3.8, 4) is 6.07 Å². The highest BCUT2D eigenvalue weighted by molar-refractivity contribution is 5.95. The third kappa shape index (κ3) is 2.84. The number of hydrogen-bond acceptors (Lipinski definition) is 3. The molecule has 0 heterocycles. The Morgan fingerprint density at radius 2 is 2.28 bits per heavy atom. The molecule has 0 aromatic heterocycles. The Balaban J connectivity index is 2.92. The number of nitrogens with one attached hydrogen (secondary N) is 1. The highest BCUT2D eigenvalue weighted by Gasteiger charge is 2.30. The van der Waals surface area contributed by atoms with E-state index in [-0.39, 0.29) is 23.7 Å². The zero-order valence-electron chi connectivity index (χ0n) is 10.5. The number of nitrogens with two attached hydrogens (primary N) is 1. The highest BCUT2D eigenvalue weighted by atomic mass is 19.1. The number of nitriles is 1. The van der Waals surface area contributed by atoms with Crippen molar-refractivity contribution in [3.05, 3.63) is 29.6 Å². The van der Waals surface area contributed by atoms with E-state index < -0.39 is 11.2 Å². The van der Waals surface area contributed by atoms with Crippen LogP contribution in [0.25, 0.3) is 0 Å². The van der Waals surface area contributed by atoms with Crippen LogP contribution < -0.4 is 11.1 Å². The van der Waals surface area contributed by atoms with Crippen LogP contribution in [0.5, 0.6) is 0 Å². The van der Waals surface area contributed by atoms with E-state index in [9.17, 15) is 9.18 Å². The second kappa shape index (κ2) is 5.61. The Kier molecular flexibility index (Phi) is 4.40. The molecule has 3 N–H and O–H groups in total. The smallest absolute Gasteiger partial charge is 0.231 e. The molecule has 4 nitrogen and oxygen atoms in total. The van der Waals surface area contributed by atoms with Crippen LogP contribution in [-0.2, 0) is 4.79 Å². The first-order valence-electron chi connectivity index (χ1n) is 5.68. The van der Waals surface area contributed by atoms with Crippen molar-refractivity contribution in [2.75, 3.05) is 11.9 Å². The van der Waals surface area contributed by atoms with E-state index in [1.165, 1.54) is 12.1 Å². The number of rotatable bonds is 4. The van der Waals surface area contributed by atoms with Crippen LogP contribution in [0.2, 0.25) is 0 Å². The molecular weight excluding hydrogens is 233 g/mol. The van der Waals surface area contributed by atoms with Crippen LogP contribution in [0.1, 0.15) is 25.8 Å². The Hall–Kier alpha value is -1.93. The molecule has 0 fully saturated rings. The van der Waals surface area contributed by atoms with Gasteiger partial charge in [0.1, 0.15) is 5.82 Å². The average molecular weight is 249 g/mol. The van der Waals surface area contributed by atoms with Gasteiger partial charge in [0, 0.05) is 6.54 Å². The second-order valence-electron chi connectivity index (χ2n) is 4.38. The quantitative estimate of drug-likeness (QED) is 0.856. The standard InChI is InChI=1S/C13H16FN3O/c1-3-13(2,8-16)12(18)17-11-5-4-9(7-15)6-10(11)14/h4-6H,3,8,16H2,1-2H3,(H,17,18). The van der Waals surface area contributed by atoms with E-state index in [1.54, 1.807) is 6.92 Å². The minimum atomic E-state index is -0.722. The van der Waals surface area contributed by atoms with Crippen LogP contribution in [0, 0.1) is 22.6 Å². The molecule has 0 aliphatic carbocycles. The summed E-state index contributed by atoms with van der Waals surface area (Å²) in [7, 11) is 0. The van der Waals surface area contributed by atoms with E-state index in [1.807, 2.05) is 13.0 Å². The molecular formula is C13H16FN3O. The van der Waals surface area contributed by atoms with Gasteiger partial charge in [-0.3, -0.25) is 4.79 Å². The minimum absolute atomic E-state index is 0.0622. The van der Waals surface area contributed by atoms with E-state index in [0.717, 1.165) is 6.07 Å². The SMILES string of the molecule is CCC(C)(CN)C(=O)Nc1ccc(C#N)cc1F. The lowest BCUT2D eigenvalue weighted by atomic mass is 9.86. The lowest BCUT2D eigenvalue weighted by Crippen LogP contribution is -2.39. The van der Waals surface area contributed by atoms with Crippen LogP contribution in [0.4, 0.5) is 10.1 Å². The first-order chi connectivity index (χ1) is 8.46. The number of anilines is 1. The van der Waals surface area contributed by atoms with Gasteiger partial charge in [-0.2, -0.15) is 5.26 Å². The van der Waals surface area contributed by atoms with Gasteiger partial charge in [-0.25, -0.2) is 4.39 Å². The van der Waals surface area contributed by atoms with Crippen LogP contribution in [0.3, 0.4) is 0 Å². The summed E-state index contributed by atoms with van der Waals surface area (Å²) in [5.74, 6) is -0.950. The third-order valence-corrected chi connectivity index (χ3v) is 3.13. The highest BCUT2D eigenvalue weighted by Crippen LogP contribution is 2.23. The summed E-state index contributed by atoms with van der Waals surface area (Å²) in [6, 6.07) is 5.74. The monoisotopic (exact) mass is 249 g/mol. The van der Waals surface area contributed by atoms with Crippen LogP contribution >= 0.6 is 0 Å². The van der Waals surface area contributed by atoms with Gasteiger partial charge in [-0.05, 0) is 31.5 Å². The lowest BCUT2D eigenvalue weighted by molar-refractivity contribution is -0.124. The predicted octanol–water partition coefficient (Wildman–Crippen LogP) is 2.01. The van der Waals surface area contributed by atoms with Gasteiger partial charge < -0.3 is 11.1 Å². The summed E-state index contributed by atoms with van der Waals surface area (Å²) in [5, 5.41) is 11.1. The Bertz CT molecular complexity index is 489. The summed E-state index contributed by atoms with van der Waals surface area (Å²) in [6.45, 7) is 3.76. The van der Waals surface area contributed by atoms with Crippen molar-refractivity contribution in [3.63, 3.8) is 0 Å². The summed E-state index contributed by atoms with van der Waals surface area (Å²) in [4.78, 5) is 12.0. The molecule has 5 heteroatoms. The number of hydrogen-bond donors (Lipinski definition) is 2. The fraction of sp³-hybridized carbons (Fsp3) is 0.385. The number of nitrogens with zero attached hydrogens (tertiary/aromatic N) is 1. The van der Waals surface area contributed by atoms with Gasteiger partial charge in [0.15, 0.2) is 0 Å². The molecule has 0 spiro atoms. The zero-order chi connectivity index (χ0) is 13.8. The van der Waals surface area contributed by atoms with Gasteiger partial charge >= 0.3 is 0 Å². The molecule has 18 heavy (non-hydrogen) atoms. The second-order valence-corrected chi connectivity index (χ2v) is 4.38. The van der Waals surface area contributed by atoms with Gasteiger partial charge in [-0.15, -0.1) is 0 Å². The fourth-order valence-electron chi connectivity index (χ4n) is 1.36. The number of benzene rings is 1. The minimum Gasteiger partial charge on any atom is -0.329 e. The number of amides is 1. The van der Waals surface area contributed by atoms with Crippen molar-refractivity contribution >= 4 is 11.6 Å². The van der Waals surface area contributed by atoms with Crippen LogP contribution in [-0.4, -0.2) is 12.5 Å². The molecule has 1 aromatic rings. The molecule has 0 saturated carbocycles.